The van der Waals surface area contributed by atoms with E-state index in [1.165, 1.54) is 12.1 Å². The molecule has 2 heterocycles. The lowest BCUT2D eigenvalue weighted by Crippen LogP contribution is -2.56. The van der Waals surface area contributed by atoms with Crippen LogP contribution in [0.5, 0.6) is 11.5 Å². The van der Waals surface area contributed by atoms with Gasteiger partial charge in [0, 0.05) is 54.0 Å². The van der Waals surface area contributed by atoms with Gasteiger partial charge < -0.3 is 55.3 Å². The van der Waals surface area contributed by atoms with Crippen molar-refractivity contribution in [1.82, 2.24) is 0 Å². The molecule has 0 amide bonds. The van der Waals surface area contributed by atoms with Gasteiger partial charge in [0.25, 0.3) is 0 Å². The number of ether oxygens (including phenoxy) is 4. The minimum atomic E-state index is -2.28. The fraction of sp³-hybridized carbons (Fsp3) is 0.531. The Labute approximate surface area is 263 Å². The predicted octanol–water partition coefficient (Wildman–Crippen LogP) is -0.126. The SMILES string of the molecule is CC1OC(OC2C(O)CC(OC3CC(O)(C(=O)CO)Cc4c(O)c5c(c(O)c43)C(=O)c3ccccc3C5=O)OC2C)CC(N)C1O. The molecular formula is C32H37NO13. The number of hydrogen-bond acceptors (Lipinski definition) is 14. The Morgan fingerprint density at radius 2 is 1.54 bits per heavy atom. The second kappa shape index (κ2) is 12.0. The number of phenolic OH excluding ortho intramolecular Hbond substituents is 2. The summed E-state index contributed by atoms with van der Waals surface area (Å²) in [5.74, 6) is -3.80. The van der Waals surface area contributed by atoms with Gasteiger partial charge in [0.15, 0.2) is 29.9 Å². The lowest BCUT2D eigenvalue weighted by molar-refractivity contribution is -0.311. The van der Waals surface area contributed by atoms with Crippen LogP contribution >= 0.6 is 0 Å². The first-order valence-corrected chi connectivity index (χ1v) is 15.1. The van der Waals surface area contributed by atoms with Gasteiger partial charge in [-0.3, -0.25) is 14.4 Å². The Balaban J connectivity index is 1.31. The van der Waals surface area contributed by atoms with Crippen molar-refractivity contribution in [2.75, 3.05) is 6.61 Å². The van der Waals surface area contributed by atoms with E-state index in [9.17, 15) is 45.0 Å². The summed E-state index contributed by atoms with van der Waals surface area (Å²) in [7, 11) is 0. The third kappa shape index (κ3) is 5.33. The van der Waals surface area contributed by atoms with E-state index in [1.807, 2.05) is 0 Å². The van der Waals surface area contributed by atoms with Crippen LogP contribution in [0.2, 0.25) is 0 Å². The third-order valence-corrected chi connectivity index (χ3v) is 9.45. The smallest absolute Gasteiger partial charge is 0.198 e. The van der Waals surface area contributed by atoms with E-state index >= 15 is 0 Å². The zero-order valence-electron chi connectivity index (χ0n) is 25.2. The Morgan fingerprint density at radius 3 is 2.13 bits per heavy atom. The summed E-state index contributed by atoms with van der Waals surface area (Å²) in [5, 5.41) is 65.1. The van der Waals surface area contributed by atoms with Crippen molar-refractivity contribution in [3.63, 3.8) is 0 Å². The van der Waals surface area contributed by atoms with Crippen molar-refractivity contribution in [2.45, 2.75) is 100 Å². The Bertz CT molecular complexity index is 1550. The molecule has 2 fully saturated rings. The number of phenols is 2. The molecule has 14 heteroatoms. The van der Waals surface area contributed by atoms with Crippen molar-refractivity contribution in [2.24, 2.45) is 5.73 Å². The van der Waals surface area contributed by atoms with Gasteiger partial charge >= 0.3 is 0 Å². The predicted molar refractivity (Wildman–Crippen MR) is 155 cm³/mol. The number of carbonyl (C=O) groups is 3. The highest BCUT2D eigenvalue weighted by molar-refractivity contribution is 6.30. The van der Waals surface area contributed by atoms with E-state index in [0.29, 0.717) is 0 Å². The molecule has 2 saturated heterocycles. The summed E-state index contributed by atoms with van der Waals surface area (Å²) >= 11 is 0. The molecule has 0 saturated carbocycles. The summed E-state index contributed by atoms with van der Waals surface area (Å²) in [6.45, 7) is 2.23. The minimum Gasteiger partial charge on any atom is -0.507 e. The zero-order chi connectivity index (χ0) is 33.2. The maximum Gasteiger partial charge on any atom is 0.198 e. The molecule has 4 aliphatic rings. The fourth-order valence-corrected chi connectivity index (χ4v) is 7.00. The summed E-state index contributed by atoms with van der Waals surface area (Å²) in [6, 6.07) is 5.34. The topological polar surface area (TPSA) is 236 Å². The van der Waals surface area contributed by atoms with Crippen LogP contribution in [0.4, 0.5) is 0 Å². The van der Waals surface area contributed by atoms with Crippen LogP contribution in [0.25, 0.3) is 0 Å². The van der Waals surface area contributed by atoms with Gasteiger partial charge in [-0.15, -0.1) is 0 Å². The van der Waals surface area contributed by atoms with Crippen LogP contribution < -0.4 is 5.73 Å². The van der Waals surface area contributed by atoms with Crippen LogP contribution in [0.1, 0.15) is 82.2 Å². The van der Waals surface area contributed by atoms with E-state index in [4.69, 9.17) is 24.7 Å². The lowest BCUT2D eigenvalue weighted by Gasteiger charge is -2.44. The standard InChI is InChI=1S/C32H37NO13/c1-12-26(37)17(33)7-21(43-12)46-31-13(2)44-22(8-18(31)35)45-19-10-32(42,20(36)11-34)9-16-23(19)30(41)25-24(29(16)40)27(38)14-5-3-4-6-15(14)28(25)39/h3-6,12-13,17-19,21-22,26,31,34-35,37,40-42H,7-11,33H2,1-2H3. The molecule has 14 nitrogen and oxygen atoms in total. The second-order valence-electron chi connectivity index (χ2n) is 12.5. The first kappa shape index (κ1) is 32.6. The fourth-order valence-electron chi connectivity index (χ4n) is 7.00. The van der Waals surface area contributed by atoms with E-state index in [1.54, 1.807) is 26.0 Å². The third-order valence-electron chi connectivity index (χ3n) is 9.45. The highest BCUT2D eigenvalue weighted by Gasteiger charge is 2.50. The van der Waals surface area contributed by atoms with Crippen molar-refractivity contribution in [1.29, 1.82) is 0 Å². The number of ketones is 3. The maximum atomic E-state index is 13.5. The number of fused-ring (bicyclic) bond motifs is 3. The lowest BCUT2D eigenvalue weighted by atomic mass is 9.72. The zero-order valence-corrected chi connectivity index (χ0v) is 25.2. The summed E-state index contributed by atoms with van der Waals surface area (Å²) in [5.41, 5.74) is 2.51. The average Bonchev–Trinajstić information content (AvgIpc) is 3.01. The van der Waals surface area contributed by atoms with Gasteiger partial charge in [-0.05, 0) is 13.8 Å². The number of aromatic hydroxyl groups is 2. The van der Waals surface area contributed by atoms with Gasteiger partial charge in [0.1, 0.15) is 29.8 Å². The van der Waals surface area contributed by atoms with E-state index in [0.717, 1.165) is 0 Å². The molecule has 46 heavy (non-hydrogen) atoms. The number of aliphatic hydroxyl groups excluding tert-OH is 3. The molecule has 10 atom stereocenters. The Hall–Kier alpha value is -3.31. The molecule has 0 aromatic heterocycles. The quantitative estimate of drug-likeness (QED) is 0.173. The number of nitrogens with two attached hydrogens (primary N) is 1. The van der Waals surface area contributed by atoms with Gasteiger partial charge in [-0.2, -0.15) is 0 Å². The number of aliphatic hydroxyl groups is 4. The van der Waals surface area contributed by atoms with Crippen LogP contribution in [0, 0.1) is 0 Å². The molecule has 6 rings (SSSR count). The average molecular weight is 644 g/mol. The first-order valence-electron chi connectivity index (χ1n) is 15.1. The van der Waals surface area contributed by atoms with Crippen molar-refractivity contribution in [3.8, 4) is 11.5 Å². The van der Waals surface area contributed by atoms with E-state index in [2.05, 4.69) is 0 Å². The van der Waals surface area contributed by atoms with Gasteiger partial charge in [0.05, 0.1) is 41.6 Å². The van der Waals surface area contributed by atoms with Gasteiger partial charge in [-0.1, -0.05) is 24.3 Å². The van der Waals surface area contributed by atoms with Crippen LogP contribution in [-0.4, -0.2) is 109 Å². The van der Waals surface area contributed by atoms with Gasteiger partial charge in [0.2, 0.25) is 0 Å². The maximum absolute atomic E-state index is 13.5. The summed E-state index contributed by atoms with van der Waals surface area (Å²) < 4.78 is 23.8. The molecule has 0 spiro atoms. The van der Waals surface area contributed by atoms with E-state index < -0.39 is 120 Å². The second-order valence-corrected chi connectivity index (χ2v) is 12.5. The highest BCUT2D eigenvalue weighted by atomic mass is 16.7. The Kier molecular flexibility index (Phi) is 8.54. The first-order chi connectivity index (χ1) is 21.7. The molecule has 0 radical (unpaired) electrons. The monoisotopic (exact) mass is 643 g/mol. The van der Waals surface area contributed by atoms with Crippen LogP contribution in [0.3, 0.4) is 0 Å². The molecular weight excluding hydrogens is 606 g/mol. The largest absolute Gasteiger partial charge is 0.507 e. The summed E-state index contributed by atoms with van der Waals surface area (Å²) in [4.78, 5) is 39.7. The van der Waals surface area contributed by atoms with E-state index in [-0.39, 0.29) is 35.1 Å². The van der Waals surface area contributed by atoms with Crippen molar-refractivity contribution < 1.29 is 64.0 Å². The molecule has 2 aromatic rings. The molecule has 248 valence electrons. The molecule has 10 unspecified atom stereocenters. The number of carbonyl (C=O) groups excluding carboxylic acids is 3. The summed E-state index contributed by atoms with van der Waals surface area (Å²) in [6.07, 6.45) is -8.83. The van der Waals surface area contributed by atoms with Gasteiger partial charge in [-0.25, -0.2) is 0 Å². The van der Waals surface area contributed by atoms with Crippen molar-refractivity contribution in [3.05, 3.63) is 57.6 Å². The van der Waals surface area contributed by atoms with Crippen LogP contribution in [-0.2, 0) is 30.2 Å². The highest BCUT2D eigenvalue weighted by Crippen LogP contribution is 2.52. The van der Waals surface area contributed by atoms with Crippen molar-refractivity contribution >= 4 is 17.3 Å². The molecule has 0 bridgehead atoms. The van der Waals surface area contributed by atoms with Crippen LogP contribution in [0.15, 0.2) is 24.3 Å². The number of rotatable bonds is 6. The molecule has 2 aliphatic carbocycles. The molecule has 8 N–H and O–H groups in total. The number of hydrogen-bond donors (Lipinski definition) is 7. The minimum absolute atomic E-state index is 0.0153. The molecule has 2 aromatic carbocycles. The number of benzene rings is 2. The normalized spacial score (nSPS) is 35.7. The Morgan fingerprint density at radius 1 is 0.957 bits per heavy atom. The number of Topliss-reactive ketones (excluding diaryl/α,β-unsaturated/α-hetero) is 1. The molecule has 2 aliphatic heterocycles.